The van der Waals surface area contributed by atoms with Gasteiger partial charge in [-0.05, 0) is 29.7 Å². The monoisotopic (exact) mass is 479 g/mol. The van der Waals surface area contributed by atoms with Crippen LogP contribution in [0.3, 0.4) is 0 Å². The Kier molecular flexibility index (Phi) is 6.92. The Morgan fingerprint density at radius 2 is 1.97 bits per heavy atom. The molecule has 0 bridgehead atoms. The highest BCUT2D eigenvalue weighted by molar-refractivity contribution is 5.97. The first-order chi connectivity index (χ1) is 17.0. The zero-order chi connectivity index (χ0) is 24.4. The number of aliphatic hydroxyl groups is 1. The molecule has 0 aliphatic carbocycles. The van der Waals surface area contributed by atoms with E-state index in [0.717, 1.165) is 25.9 Å². The van der Waals surface area contributed by atoms with E-state index in [1.807, 2.05) is 0 Å². The molecule has 35 heavy (non-hydrogen) atoms. The van der Waals surface area contributed by atoms with E-state index >= 15 is 0 Å². The third-order valence-electron chi connectivity index (χ3n) is 7.09. The fraction of sp³-hybridized carbons (Fsp3) is 0.481. The maximum Gasteiger partial charge on any atom is 0.257 e. The highest BCUT2D eigenvalue weighted by atomic mass is 16.5. The average molecular weight is 480 g/mol. The van der Waals surface area contributed by atoms with E-state index < -0.39 is 6.10 Å². The molecule has 2 aromatic carbocycles. The third-order valence-corrected chi connectivity index (χ3v) is 7.09. The minimum atomic E-state index is -0.639. The lowest BCUT2D eigenvalue weighted by Gasteiger charge is -2.32. The van der Waals surface area contributed by atoms with Gasteiger partial charge in [-0.25, -0.2) is 0 Å². The van der Waals surface area contributed by atoms with Gasteiger partial charge in [-0.1, -0.05) is 24.3 Å². The van der Waals surface area contributed by atoms with Crippen molar-refractivity contribution in [3.05, 3.63) is 59.2 Å². The summed E-state index contributed by atoms with van der Waals surface area (Å²) >= 11 is 0. The highest BCUT2D eigenvalue weighted by Gasteiger charge is 2.29. The Morgan fingerprint density at radius 3 is 2.77 bits per heavy atom. The first-order valence-electron chi connectivity index (χ1n) is 12.4. The van der Waals surface area contributed by atoms with Gasteiger partial charge < -0.3 is 24.4 Å². The quantitative estimate of drug-likeness (QED) is 0.682. The molecule has 1 fully saturated rings. The molecule has 0 radical (unpaired) electrons. The Balaban J connectivity index is 1.18. The molecule has 3 aliphatic rings. The van der Waals surface area contributed by atoms with Crippen molar-refractivity contribution in [2.45, 2.75) is 38.5 Å². The number of amides is 2. The number of nitrogens with zero attached hydrogens (tertiary/aromatic N) is 3. The number of β-amino-alcohol motifs (C(OH)–C–C–N with tert-alkyl or cyclic N) is 1. The number of rotatable bonds is 6. The second kappa shape index (κ2) is 10.3. The van der Waals surface area contributed by atoms with Gasteiger partial charge >= 0.3 is 0 Å². The van der Waals surface area contributed by atoms with Crippen molar-refractivity contribution in [1.82, 2.24) is 14.7 Å². The van der Waals surface area contributed by atoms with E-state index in [4.69, 9.17) is 9.47 Å². The van der Waals surface area contributed by atoms with Crippen LogP contribution < -0.4 is 9.47 Å². The van der Waals surface area contributed by atoms with Crippen LogP contribution in [0.2, 0.25) is 0 Å². The largest absolute Gasteiger partial charge is 0.491 e. The Labute approximate surface area is 206 Å². The van der Waals surface area contributed by atoms with Crippen molar-refractivity contribution in [3.8, 4) is 11.5 Å². The van der Waals surface area contributed by atoms with Crippen LogP contribution in [0, 0.1) is 0 Å². The Morgan fingerprint density at radius 1 is 1.14 bits per heavy atom. The number of ether oxygens (including phenoxy) is 2. The molecule has 8 heteroatoms. The minimum absolute atomic E-state index is 0.0549. The number of carbonyl (C=O) groups excluding carboxylic acids is 2. The summed E-state index contributed by atoms with van der Waals surface area (Å²) < 4.78 is 11.9. The van der Waals surface area contributed by atoms with E-state index in [0.29, 0.717) is 49.8 Å². The van der Waals surface area contributed by atoms with E-state index in [1.54, 1.807) is 34.9 Å². The van der Waals surface area contributed by atoms with Crippen molar-refractivity contribution in [2.24, 2.45) is 0 Å². The van der Waals surface area contributed by atoms with Crippen LogP contribution in [0.15, 0.2) is 42.5 Å². The summed E-state index contributed by atoms with van der Waals surface area (Å²) in [4.78, 5) is 30.5. The molecule has 0 saturated carbocycles. The second-order valence-electron chi connectivity index (χ2n) is 9.66. The van der Waals surface area contributed by atoms with Crippen LogP contribution in [-0.2, 0) is 17.8 Å². The van der Waals surface area contributed by atoms with Crippen LogP contribution >= 0.6 is 0 Å². The van der Waals surface area contributed by atoms with E-state index in [1.165, 1.54) is 11.1 Å². The van der Waals surface area contributed by atoms with Crippen molar-refractivity contribution < 1.29 is 24.2 Å². The van der Waals surface area contributed by atoms with Crippen molar-refractivity contribution >= 4 is 11.8 Å². The smallest absolute Gasteiger partial charge is 0.257 e. The number of hydrogen-bond acceptors (Lipinski definition) is 6. The molecule has 8 nitrogen and oxygen atoms in total. The maximum atomic E-state index is 13.2. The predicted octanol–water partition coefficient (Wildman–Crippen LogP) is 1.94. The summed E-state index contributed by atoms with van der Waals surface area (Å²) in [5, 5.41) is 10.8. The number of benzene rings is 2. The topological polar surface area (TPSA) is 82.6 Å². The fourth-order valence-corrected chi connectivity index (χ4v) is 5.21. The summed E-state index contributed by atoms with van der Waals surface area (Å²) in [6.07, 6.45) is 1.06. The summed E-state index contributed by atoms with van der Waals surface area (Å²) in [5.41, 5.74) is 3.16. The molecule has 2 aromatic rings. The lowest BCUT2D eigenvalue weighted by molar-refractivity contribution is -0.128. The van der Waals surface area contributed by atoms with E-state index in [2.05, 4.69) is 29.2 Å². The van der Waals surface area contributed by atoms with Crippen LogP contribution in [0.4, 0.5) is 0 Å². The zero-order valence-electron chi connectivity index (χ0n) is 20.2. The van der Waals surface area contributed by atoms with Gasteiger partial charge in [0.15, 0.2) is 0 Å². The lowest BCUT2D eigenvalue weighted by Crippen LogP contribution is -2.44. The Hall–Kier alpha value is -3.10. The lowest BCUT2D eigenvalue weighted by atomic mass is 10.00. The normalized spacial score (nSPS) is 21.1. The standard InChI is InChI=1S/C27H33N3O5/c1-19(31)29-11-9-24(18-29)35-23-6-7-25-26(14-23)34-13-12-30(27(25)33)17-22(32)16-28-10-8-20-4-2-3-5-21(20)15-28/h2-7,14,22,24,32H,8-13,15-18H2,1H3/t22-,24+/m1/s1. The summed E-state index contributed by atoms with van der Waals surface area (Å²) in [7, 11) is 0. The third kappa shape index (κ3) is 5.44. The number of carbonyl (C=O) groups is 2. The van der Waals surface area contributed by atoms with Gasteiger partial charge in [0.05, 0.1) is 24.8 Å². The van der Waals surface area contributed by atoms with Gasteiger partial charge in [0.2, 0.25) is 5.91 Å². The maximum absolute atomic E-state index is 13.2. The SMILES string of the molecule is CC(=O)N1CC[C@H](Oc2ccc3c(c2)OCCN(C[C@H](O)CN2CCc4ccccc4C2)C3=O)C1. The molecule has 0 unspecified atom stereocenters. The molecule has 3 aliphatic heterocycles. The van der Waals surface area contributed by atoms with Crippen molar-refractivity contribution in [1.29, 1.82) is 0 Å². The van der Waals surface area contributed by atoms with Gasteiger partial charge in [0.25, 0.3) is 5.91 Å². The van der Waals surface area contributed by atoms with Gasteiger partial charge in [-0.15, -0.1) is 0 Å². The number of fused-ring (bicyclic) bond motifs is 2. The van der Waals surface area contributed by atoms with Crippen molar-refractivity contribution in [2.75, 3.05) is 45.9 Å². The first-order valence-corrected chi connectivity index (χ1v) is 12.4. The van der Waals surface area contributed by atoms with Crippen LogP contribution in [-0.4, -0.2) is 89.7 Å². The molecule has 1 N–H and O–H groups in total. The molecule has 1 saturated heterocycles. The van der Waals surface area contributed by atoms with Gasteiger partial charge in [-0.2, -0.15) is 0 Å². The van der Waals surface area contributed by atoms with Crippen LogP contribution in [0.5, 0.6) is 11.5 Å². The van der Waals surface area contributed by atoms with E-state index in [-0.39, 0.29) is 24.5 Å². The zero-order valence-corrected chi connectivity index (χ0v) is 20.2. The summed E-state index contributed by atoms with van der Waals surface area (Å²) in [6.45, 7) is 6.12. The van der Waals surface area contributed by atoms with E-state index in [9.17, 15) is 14.7 Å². The number of likely N-dealkylation sites (tertiary alicyclic amines) is 1. The predicted molar refractivity (Wildman–Crippen MR) is 131 cm³/mol. The summed E-state index contributed by atoms with van der Waals surface area (Å²) in [6, 6.07) is 13.7. The molecule has 2 amide bonds. The molecule has 186 valence electrons. The molecule has 3 heterocycles. The van der Waals surface area contributed by atoms with Gasteiger partial charge in [0, 0.05) is 52.1 Å². The minimum Gasteiger partial charge on any atom is -0.491 e. The molecule has 0 aromatic heterocycles. The fourth-order valence-electron chi connectivity index (χ4n) is 5.21. The number of aliphatic hydroxyl groups excluding tert-OH is 1. The summed E-state index contributed by atoms with van der Waals surface area (Å²) in [5.74, 6) is 1.04. The molecule has 2 atom stereocenters. The van der Waals surface area contributed by atoms with Gasteiger partial charge in [-0.3, -0.25) is 14.5 Å². The van der Waals surface area contributed by atoms with Crippen molar-refractivity contribution in [3.63, 3.8) is 0 Å². The molecule has 5 rings (SSSR count). The molecule has 0 spiro atoms. The Bertz CT molecular complexity index is 1090. The number of hydrogen-bond donors (Lipinski definition) is 1. The van der Waals surface area contributed by atoms with Gasteiger partial charge in [0.1, 0.15) is 24.2 Å². The van der Waals surface area contributed by atoms with Crippen LogP contribution in [0.1, 0.15) is 34.8 Å². The first kappa shape index (κ1) is 23.6. The average Bonchev–Trinajstić information content (AvgIpc) is 3.26. The molecular weight excluding hydrogens is 446 g/mol. The highest BCUT2D eigenvalue weighted by Crippen LogP contribution is 2.30. The second-order valence-corrected chi connectivity index (χ2v) is 9.66. The van der Waals surface area contributed by atoms with Crippen LogP contribution in [0.25, 0.3) is 0 Å². The molecular formula is C27H33N3O5.